The second-order valence-corrected chi connectivity index (χ2v) is 6.00. The molecule has 0 fully saturated rings. The average molecular weight is 269 g/mol. The monoisotopic (exact) mass is 269 g/mol. The van der Waals surface area contributed by atoms with Gasteiger partial charge in [-0.05, 0) is 16.7 Å². The molecule has 2 rings (SSSR count). The highest BCUT2D eigenvalue weighted by Crippen LogP contribution is 2.19. The van der Waals surface area contributed by atoms with Crippen molar-refractivity contribution in [3.63, 3.8) is 0 Å². The summed E-state index contributed by atoms with van der Waals surface area (Å²) >= 11 is 0. The molecule has 0 N–H and O–H groups in total. The third-order valence-corrected chi connectivity index (χ3v) is 4.59. The van der Waals surface area contributed by atoms with E-state index in [1.54, 1.807) is 14.2 Å². The Hall–Kier alpha value is -1.68. The Morgan fingerprint density at radius 2 is 1.58 bits per heavy atom. The fraction of sp³-hybridized carbons (Fsp3) is 0.125. The molecule has 0 aromatic heterocycles. The summed E-state index contributed by atoms with van der Waals surface area (Å²) in [6, 6.07) is 16.5. The highest BCUT2D eigenvalue weighted by Gasteiger charge is 2.19. The average Bonchev–Trinajstić information content (AvgIpc) is 2.49. The van der Waals surface area contributed by atoms with Gasteiger partial charge in [-0.3, -0.25) is 0 Å². The minimum Gasteiger partial charge on any atom is -0.393 e. The number of rotatable bonds is 5. The fourth-order valence-corrected chi connectivity index (χ4v) is 3.30. The summed E-state index contributed by atoms with van der Waals surface area (Å²) in [7, 11) is 1.97. The summed E-state index contributed by atoms with van der Waals surface area (Å²) in [5.41, 5.74) is 3.44. The summed E-state index contributed by atoms with van der Waals surface area (Å²) < 4.78 is 10.9. The summed E-state index contributed by atoms with van der Waals surface area (Å²) in [4.78, 5) is 0. The van der Waals surface area contributed by atoms with Crippen LogP contribution in [0.1, 0.15) is 5.56 Å². The Balaban J connectivity index is 2.45. The molecule has 0 saturated carbocycles. The van der Waals surface area contributed by atoms with Gasteiger partial charge in [-0.25, -0.2) is 0 Å². The molecular weight excluding hydrogens is 252 g/mol. The molecule has 0 saturated heterocycles. The van der Waals surface area contributed by atoms with E-state index in [1.807, 2.05) is 18.2 Å². The van der Waals surface area contributed by atoms with Crippen LogP contribution in [0.4, 0.5) is 0 Å². The molecule has 2 aromatic carbocycles. The molecule has 97 valence electrons. The first kappa shape index (κ1) is 13.7. The fourth-order valence-electron chi connectivity index (χ4n) is 2.01. The summed E-state index contributed by atoms with van der Waals surface area (Å²) in [5, 5.41) is 1.13. The van der Waals surface area contributed by atoms with Gasteiger partial charge in [0.2, 0.25) is 0 Å². The van der Waals surface area contributed by atoms with Crippen LogP contribution in [-0.4, -0.2) is 23.5 Å². The first-order valence-corrected chi connectivity index (χ1v) is 7.39. The second kappa shape index (κ2) is 6.47. The van der Waals surface area contributed by atoms with Gasteiger partial charge in [-0.15, -0.1) is 0 Å². The zero-order chi connectivity index (χ0) is 13.7. The van der Waals surface area contributed by atoms with E-state index in [4.69, 9.17) is 8.85 Å². The molecule has 0 bridgehead atoms. The lowest BCUT2D eigenvalue weighted by atomic mass is 10.0. The van der Waals surface area contributed by atoms with Crippen LogP contribution < -0.4 is 5.19 Å². The van der Waals surface area contributed by atoms with Crippen molar-refractivity contribution < 1.29 is 8.85 Å². The largest absolute Gasteiger partial charge is 0.423 e. The Morgan fingerprint density at radius 3 is 2.16 bits per heavy atom. The predicted octanol–water partition coefficient (Wildman–Crippen LogP) is 2.98. The Labute approximate surface area is 116 Å². The van der Waals surface area contributed by atoms with Gasteiger partial charge >= 0.3 is 9.28 Å². The van der Waals surface area contributed by atoms with Crippen LogP contribution >= 0.6 is 0 Å². The molecule has 2 nitrogen and oxygen atoms in total. The lowest BCUT2D eigenvalue weighted by molar-refractivity contribution is 0.292. The van der Waals surface area contributed by atoms with E-state index in [2.05, 4.69) is 43.0 Å². The van der Waals surface area contributed by atoms with E-state index in [9.17, 15) is 0 Å². The van der Waals surface area contributed by atoms with Crippen molar-refractivity contribution in [1.82, 2.24) is 0 Å². The van der Waals surface area contributed by atoms with Crippen LogP contribution in [0.25, 0.3) is 17.2 Å². The zero-order valence-corrected chi connectivity index (χ0v) is 12.2. The van der Waals surface area contributed by atoms with Crippen molar-refractivity contribution in [2.75, 3.05) is 14.2 Å². The zero-order valence-electron chi connectivity index (χ0n) is 11.2. The smallest absolute Gasteiger partial charge is 0.393 e. The van der Waals surface area contributed by atoms with E-state index in [0.29, 0.717) is 0 Å². The van der Waals surface area contributed by atoms with Crippen LogP contribution in [0, 0.1) is 0 Å². The van der Waals surface area contributed by atoms with Crippen molar-refractivity contribution >= 4 is 20.5 Å². The van der Waals surface area contributed by atoms with E-state index in [-0.39, 0.29) is 0 Å². The minimum absolute atomic E-state index is 1.12. The highest BCUT2D eigenvalue weighted by atomic mass is 28.3. The van der Waals surface area contributed by atoms with Crippen molar-refractivity contribution in [2.24, 2.45) is 0 Å². The normalized spacial score (nSPS) is 10.7. The molecule has 0 aliphatic carbocycles. The third-order valence-electron chi connectivity index (χ3n) is 2.98. The van der Waals surface area contributed by atoms with Gasteiger partial charge in [0, 0.05) is 19.4 Å². The second-order valence-electron chi connectivity index (χ2n) is 4.07. The van der Waals surface area contributed by atoms with Crippen molar-refractivity contribution in [3.8, 4) is 11.1 Å². The van der Waals surface area contributed by atoms with E-state index in [1.165, 1.54) is 0 Å². The number of hydrogen-bond acceptors (Lipinski definition) is 2. The third kappa shape index (κ3) is 3.01. The molecule has 0 aliphatic heterocycles. The molecule has 0 heterocycles. The lowest BCUT2D eigenvalue weighted by Crippen LogP contribution is -2.36. The predicted molar refractivity (Wildman–Crippen MR) is 81.4 cm³/mol. The van der Waals surface area contributed by atoms with Gasteiger partial charge in [0.25, 0.3) is 0 Å². The maximum Gasteiger partial charge on any atom is 0.423 e. The molecule has 0 spiro atoms. The number of hydrogen-bond donors (Lipinski definition) is 0. The summed E-state index contributed by atoms with van der Waals surface area (Å²) in [6.07, 6.45) is 1.84. The van der Waals surface area contributed by atoms with Crippen LogP contribution in [0.5, 0.6) is 0 Å². The topological polar surface area (TPSA) is 18.5 Å². The van der Waals surface area contributed by atoms with Gasteiger partial charge in [0.05, 0.1) is 0 Å². The Bertz CT molecular complexity index is 545. The lowest BCUT2D eigenvalue weighted by Gasteiger charge is -2.14. The van der Waals surface area contributed by atoms with Crippen LogP contribution in [0.2, 0.25) is 0 Å². The van der Waals surface area contributed by atoms with E-state index < -0.39 is 9.28 Å². The van der Waals surface area contributed by atoms with Crippen LogP contribution in [0.3, 0.4) is 0 Å². The van der Waals surface area contributed by atoms with Gasteiger partial charge < -0.3 is 8.85 Å². The SMILES string of the molecule is C=Cc1ccc(-c2ccccc2[Si](OC)OC)cc1. The molecule has 0 aliphatic rings. The summed E-state index contributed by atoms with van der Waals surface area (Å²) in [6.45, 7) is 3.77. The molecule has 1 radical (unpaired) electrons. The van der Waals surface area contributed by atoms with Gasteiger partial charge in [-0.1, -0.05) is 61.2 Å². The first-order valence-electron chi connectivity index (χ1n) is 6.07. The van der Waals surface area contributed by atoms with Gasteiger partial charge in [0.15, 0.2) is 0 Å². The maximum absolute atomic E-state index is 5.46. The first-order chi connectivity index (χ1) is 9.30. The quantitative estimate of drug-likeness (QED) is 0.777. The molecule has 0 atom stereocenters. The molecule has 19 heavy (non-hydrogen) atoms. The molecule has 2 aromatic rings. The Morgan fingerprint density at radius 1 is 0.947 bits per heavy atom. The van der Waals surface area contributed by atoms with Crippen molar-refractivity contribution in [1.29, 1.82) is 0 Å². The molecule has 3 heteroatoms. The molecular formula is C16H17O2Si. The van der Waals surface area contributed by atoms with Crippen molar-refractivity contribution in [2.45, 2.75) is 0 Å². The Kier molecular flexibility index (Phi) is 4.68. The number of benzene rings is 2. The maximum atomic E-state index is 5.46. The van der Waals surface area contributed by atoms with Crippen LogP contribution in [-0.2, 0) is 8.85 Å². The molecule has 0 unspecified atom stereocenters. The molecule has 0 amide bonds. The van der Waals surface area contributed by atoms with Gasteiger partial charge in [0.1, 0.15) is 0 Å². The van der Waals surface area contributed by atoms with E-state index >= 15 is 0 Å². The van der Waals surface area contributed by atoms with Crippen LogP contribution in [0.15, 0.2) is 55.1 Å². The van der Waals surface area contributed by atoms with Gasteiger partial charge in [-0.2, -0.15) is 0 Å². The standard InChI is InChI=1S/C16H17O2Si/c1-4-13-9-11-14(12-10-13)15-7-5-6-8-16(15)19(17-2)18-3/h4-12H,1H2,2-3H3. The van der Waals surface area contributed by atoms with E-state index in [0.717, 1.165) is 21.9 Å². The highest BCUT2D eigenvalue weighted by molar-refractivity contribution is 6.63. The van der Waals surface area contributed by atoms with Crippen molar-refractivity contribution in [3.05, 3.63) is 60.7 Å². The minimum atomic E-state index is -1.41. The summed E-state index contributed by atoms with van der Waals surface area (Å²) in [5.74, 6) is 0.